The van der Waals surface area contributed by atoms with Crippen LogP contribution in [0.3, 0.4) is 0 Å². The molecule has 0 fully saturated rings. The monoisotopic (exact) mass is 466 g/mol. The Labute approximate surface area is 195 Å². The van der Waals surface area contributed by atoms with Crippen molar-refractivity contribution in [2.45, 2.75) is 32.1 Å². The minimum atomic E-state index is -2.95. The number of aliphatic hydroxyl groups is 1. The fourth-order valence-corrected chi connectivity index (χ4v) is 4.18. The number of hydrogen-bond acceptors (Lipinski definition) is 6. The zero-order valence-electron chi connectivity index (χ0n) is 18.5. The summed E-state index contributed by atoms with van der Waals surface area (Å²) in [4.78, 5) is 4.58. The van der Waals surface area contributed by atoms with Crippen molar-refractivity contribution in [3.05, 3.63) is 77.6 Å². The van der Waals surface area contributed by atoms with Gasteiger partial charge in [0.15, 0.2) is 5.65 Å². The predicted molar refractivity (Wildman–Crippen MR) is 122 cm³/mol. The summed E-state index contributed by atoms with van der Waals surface area (Å²) in [6.07, 6.45) is 0.0766. The molecule has 4 aromatic rings. The molecule has 0 amide bonds. The molecular formula is C25H24F2N4O3. The summed E-state index contributed by atoms with van der Waals surface area (Å²) in [5.41, 5.74) is 3.70. The standard InChI is InChI=1S/C25H24F2N4O3/c1-2-13-33-16-9-7-15(8-10-16)18-11-12-21-29-23-19(32)14-28-22(24(23)31(21)30-18)17-5-3-4-6-20(17)34-25(26)27/h3-12,19,22,25,28,32H,2,13-14H2,1H3/t19-,22-/m0/s1. The lowest BCUT2D eigenvalue weighted by Crippen LogP contribution is -2.35. The Morgan fingerprint density at radius 2 is 1.91 bits per heavy atom. The van der Waals surface area contributed by atoms with Gasteiger partial charge in [-0.2, -0.15) is 13.9 Å². The van der Waals surface area contributed by atoms with Crippen molar-refractivity contribution in [3.63, 3.8) is 0 Å². The third-order valence-corrected chi connectivity index (χ3v) is 5.71. The molecule has 2 N–H and O–H groups in total. The average molecular weight is 466 g/mol. The van der Waals surface area contributed by atoms with Gasteiger partial charge in [0.25, 0.3) is 0 Å². The quantitative estimate of drug-likeness (QED) is 0.417. The van der Waals surface area contributed by atoms with Gasteiger partial charge in [-0.25, -0.2) is 9.50 Å². The summed E-state index contributed by atoms with van der Waals surface area (Å²) in [6, 6.07) is 17.4. The van der Waals surface area contributed by atoms with E-state index in [1.165, 1.54) is 6.07 Å². The largest absolute Gasteiger partial charge is 0.494 e. The highest BCUT2D eigenvalue weighted by atomic mass is 19.3. The van der Waals surface area contributed by atoms with E-state index < -0.39 is 18.8 Å². The SMILES string of the molecule is CCCOc1ccc(-c2ccc3nc4c(n3n2)[C@H](c2ccccc2OC(F)F)NC[C@@H]4O)cc1. The number of benzene rings is 2. The van der Waals surface area contributed by atoms with Crippen molar-refractivity contribution < 1.29 is 23.4 Å². The number of β-amino-alcohol motifs (C(OH)–C–C–N with tert-alkyl or cyclic N) is 1. The summed E-state index contributed by atoms with van der Waals surface area (Å²) < 4.78 is 38.1. The van der Waals surface area contributed by atoms with Crippen LogP contribution in [0.5, 0.6) is 11.5 Å². The molecule has 2 aromatic carbocycles. The van der Waals surface area contributed by atoms with Gasteiger partial charge in [0, 0.05) is 17.7 Å². The van der Waals surface area contributed by atoms with Gasteiger partial charge in [-0.05, 0) is 48.9 Å². The minimum absolute atomic E-state index is 0.0612. The number of alkyl halides is 2. The summed E-state index contributed by atoms with van der Waals surface area (Å²) in [5, 5.41) is 18.6. The van der Waals surface area contributed by atoms with Crippen molar-refractivity contribution in [1.82, 2.24) is 19.9 Å². The molecule has 1 aliphatic heterocycles. The van der Waals surface area contributed by atoms with Gasteiger partial charge < -0.3 is 19.9 Å². The first-order valence-electron chi connectivity index (χ1n) is 11.1. The number of ether oxygens (including phenoxy) is 2. The Morgan fingerprint density at radius 1 is 1.12 bits per heavy atom. The van der Waals surface area contributed by atoms with E-state index in [0.29, 0.717) is 34.9 Å². The topological polar surface area (TPSA) is 80.9 Å². The van der Waals surface area contributed by atoms with Gasteiger partial charge in [-0.1, -0.05) is 25.1 Å². The van der Waals surface area contributed by atoms with Crippen molar-refractivity contribution >= 4 is 5.65 Å². The maximum absolute atomic E-state index is 13.0. The Bertz CT molecular complexity index is 1290. The van der Waals surface area contributed by atoms with Crippen molar-refractivity contribution in [2.24, 2.45) is 0 Å². The number of imidazole rings is 1. The molecule has 7 nitrogen and oxygen atoms in total. The van der Waals surface area contributed by atoms with Gasteiger partial charge in [0.2, 0.25) is 0 Å². The number of aliphatic hydroxyl groups excluding tert-OH is 1. The third-order valence-electron chi connectivity index (χ3n) is 5.71. The molecule has 0 aliphatic carbocycles. The smallest absolute Gasteiger partial charge is 0.387 e. The van der Waals surface area contributed by atoms with E-state index in [1.54, 1.807) is 22.7 Å². The maximum Gasteiger partial charge on any atom is 0.387 e. The lowest BCUT2D eigenvalue weighted by molar-refractivity contribution is -0.0507. The van der Waals surface area contributed by atoms with Gasteiger partial charge in [-0.3, -0.25) is 0 Å². The molecule has 1 aliphatic rings. The number of rotatable bonds is 7. The highest BCUT2D eigenvalue weighted by molar-refractivity contribution is 5.62. The first kappa shape index (κ1) is 22.2. The van der Waals surface area contributed by atoms with Gasteiger partial charge >= 0.3 is 6.61 Å². The van der Waals surface area contributed by atoms with Crippen LogP contribution < -0.4 is 14.8 Å². The molecular weight excluding hydrogens is 442 g/mol. The molecule has 0 radical (unpaired) electrons. The molecule has 2 aromatic heterocycles. The molecule has 9 heteroatoms. The first-order valence-corrected chi connectivity index (χ1v) is 11.1. The number of nitrogens with one attached hydrogen (secondary N) is 1. The number of fused-ring (bicyclic) bond motifs is 3. The Hall–Kier alpha value is -3.56. The molecule has 3 heterocycles. The number of para-hydroxylation sites is 1. The molecule has 0 saturated carbocycles. The van der Waals surface area contributed by atoms with Gasteiger partial charge in [0.05, 0.1) is 29.7 Å². The fourth-order valence-electron chi connectivity index (χ4n) is 4.18. The van der Waals surface area contributed by atoms with Gasteiger partial charge in [-0.15, -0.1) is 0 Å². The third kappa shape index (κ3) is 4.20. The number of aromatic nitrogens is 3. The fraction of sp³-hybridized carbons (Fsp3) is 0.280. The van der Waals surface area contributed by atoms with Crippen LogP contribution >= 0.6 is 0 Å². The van der Waals surface area contributed by atoms with E-state index in [-0.39, 0.29) is 12.3 Å². The van der Waals surface area contributed by atoms with Gasteiger partial charge in [0.1, 0.15) is 17.6 Å². The zero-order valence-corrected chi connectivity index (χ0v) is 18.5. The lowest BCUT2D eigenvalue weighted by atomic mass is 9.96. The summed E-state index contributed by atoms with van der Waals surface area (Å²) >= 11 is 0. The van der Waals surface area contributed by atoms with Crippen LogP contribution in [0.25, 0.3) is 16.9 Å². The molecule has 34 heavy (non-hydrogen) atoms. The molecule has 176 valence electrons. The highest BCUT2D eigenvalue weighted by Gasteiger charge is 2.34. The van der Waals surface area contributed by atoms with E-state index in [0.717, 1.165) is 17.7 Å². The van der Waals surface area contributed by atoms with E-state index >= 15 is 0 Å². The van der Waals surface area contributed by atoms with Crippen molar-refractivity contribution in [2.75, 3.05) is 13.2 Å². The van der Waals surface area contributed by atoms with E-state index in [2.05, 4.69) is 17.2 Å². The predicted octanol–water partition coefficient (Wildman–Crippen LogP) is 4.51. The molecule has 0 saturated heterocycles. The Kier molecular flexibility index (Phi) is 6.12. The van der Waals surface area contributed by atoms with Crippen LogP contribution in [0.1, 0.15) is 42.4 Å². The van der Waals surface area contributed by atoms with Crippen LogP contribution in [0.2, 0.25) is 0 Å². The number of halogens is 2. The summed E-state index contributed by atoms with van der Waals surface area (Å²) in [7, 11) is 0. The average Bonchev–Trinajstić information content (AvgIpc) is 3.23. The van der Waals surface area contributed by atoms with Crippen molar-refractivity contribution in [1.29, 1.82) is 0 Å². The zero-order chi connectivity index (χ0) is 23.7. The number of nitrogens with zero attached hydrogens (tertiary/aromatic N) is 3. The second-order valence-corrected chi connectivity index (χ2v) is 8.02. The van der Waals surface area contributed by atoms with Crippen LogP contribution in [-0.4, -0.2) is 39.5 Å². The summed E-state index contributed by atoms with van der Waals surface area (Å²) in [6.45, 7) is -0.0309. The molecule has 0 spiro atoms. The Morgan fingerprint density at radius 3 is 2.68 bits per heavy atom. The summed E-state index contributed by atoms with van der Waals surface area (Å²) in [5.74, 6) is 0.848. The van der Waals surface area contributed by atoms with Crippen LogP contribution in [0.15, 0.2) is 60.7 Å². The van der Waals surface area contributed by atoms with E-state index in [9.17, 15) is 13.9 Å². The Balaban J connectivity index is 1.58. The van der Waals surface area contributed by atoms with E-state index in [4.69, 9.17) is 14.6 Å². The maximum atomic E-state index is 13.0. The second kappa shape index (κ2) is 9.36. The first-order chi connectivity index (χ1) is 16.5. The van der Waals surface area contributed by atoms with E-state index in [1.807, 2.05) is 36.4 Å². The molecule has 5 rings (SSSR count). The van der Waals surface area contributed by atoms with Crippen molar-refractivity contribution in [3.8, 4) is 22.8 Å². The normalized spacial score (nSPS) is 17.7. The highest BCUT2D eigenvalue weighted by Crippen LogP contribution is 2.37. The van der Waals surface area contributed by atoms with Crippen LogP contribution in [-0.2, 0) is 0 Å². The minimum Gasteiger partial charge on any atom is -0.494 e. The second-order valence-electron chi connectivity index (χ2n) is 8.02. The van der Waals surface area contributed by atoms with Crippen LogP contribution in [0, 0.1) is 0 Å². The lowest BCUT2D eigenvalue weighted by Gasteiger charge is -2.28. The molecule has 0 unspecified atom stereocenters. The number of hydrogen-bond donors (Lipinski definition) is 2. The molecule has 2 atom stereocenters. The van der Waals surface area contributed by atoms with Crippen LogP contribution in [0.4, 0.5) is 8.78 Å². The molecule has 0 bridgehead atoms.